The number of aryl methyl sites for hydroxylation is 1. The number of aromatic nitrogens is 2. The van der Waals surface area contributed by atoms with Gasteiger partial charge in [-0.1, -0.05) is 0 Å². The van der Waals surface area contributed by atoms with Crippen LogP contribution in [-0.4, -0.2) is 18.0 Å². The van der Waals surface area contributed by atoms with Gasteiger partial charge in [-0.2, -0.15) is 0 Å². The van der Waals surface area contributed by atoms with E-state index in [4.69, 9.17) is 0 Å². The van der Waals surface area contributed by atoms with Gasteiger partial charge in [-0.3, -0.25) is 9.52 Å². The van der Waals surface area contributed by atoms with E-state index in [0.717, 1.165) is 18.3 Å². The number of nitrogens with zero attached hydrogens (tertiary/aromatic N) is 1. The maximum atomic E-state index is 13.9. The summed E-state index contributed by atoms with van der Waals surface area (Å²) in [5, 5.41) is 0.167. The Morgan fingerprint density at radius 1 is 1.28 bits per heavy atom. The molecule has 0 unspecified atom stereocenters. The maximum Gasteiger partial charge on any atom is 0.274 e. The maximum absolute atomic E-state index is 13.9. The highest BCUT2D eigenvalue weighted by Gasteiger charge is 2.22. The highest BCUT2D eigenvalue weighted by atomic mass is 79.9. The quantitative estimate of drug-likeness (QED) is 0.622. The number of fused-ring (bicyclic) bond motifs is 1. The Bertz CT molecular complexity index is 1140. The Kier molecular flexibility index (Phi) is 4.41. The Labute approximate surface area is 149 Å². The van der Waals surface area contributed by atoms with Gasteiger partial charge in [-0.15, -0.1) is 0 Å². The van der Waals surface area contributed by atoms with Crippen molar-refractivity contribution in [2.45, 2.75) is 18.4 Å². The number of H-pyrrole nitrogens is 1. The van der Waals surface area contributed by atoms with E-state index in [1.54, 1.807) is 6.92 Å². The second-order valence-corrected chi connectivity index (χ2v) is 7.71. The second kappa shape index (κ2) is 6.26. The van der Waals surface area contributed by atoms with E-state index in [2.05, 4.69) is 20.9 Å². The third kappa shape index (κ3) is 3.07. The fourth-order valence-corrected chi connectivity index (χ4v) is 3.95. The lowest BCUT2D eigenvalue weighted by Crippen LogP contribution is -2.19. The molecule has 2 N–H and O–H groups in total. The number of sulfonamides is 1. The van der Waals surface area contributed by atoms with Crippen LogP contribution in [0.4, 0.5) is 14.5 Å². The molecular formula is C15H12BrF2N3O3S. The highest BCUT2D eigenvalue weighted by Crippen LogP contribution is 2.27. The van der Waals surface area contributed by atoms with Gasteiger partial charge in [0.05, 0.1) is 10.2 Å². The summed E-state index contributed by atoms with van der Waals surface area (Å²) in [5.41, 5.74) is -0.786. The molecule has 0 saturated carbocycles. The lowest BCUT2D eigenvalue weighted by Gasteiger charge is -2.09. The van der Waals surface area contributed by atoms with Crippen molar-refractivity contribution in [3.05, 3.63) is 57.1 Å². The molecule has 2 aromatic heterocycles. The van der Waals surface area contributed by atoms with Crippen molar-refractivity contribution in [1.82, 2.24) is 9.55 Å². The number of halogens is 3. The number of aromatic amines is 1. The van der Waals surface area contributed by atoms with E-state index in [9.17, 15) is 22.0 Å². The summed E-state index contributed by atoms with van der Waals surface area (Å²) in [6, 6.07) is 3.03. The summed E-state index contributed by atoms with van der Waals surface area (Å²) in [6.07, 6.45) is 2.61. The predicted octanol–water partition coefficient (Wildman–Crippen LogP) is 3.19. The largest absolute Gasteiger partial charge is 0.355 e. The molecule has 3 aromatic rings. The molecule has 10 heteroatoms. The molecule has 0 atom stereocenters. The number of rotatable bonds is 4. The van der Waals surface area contributed by atoms with Crippen molar-refractivity contribution >= 4 is 42.5 Å². The third-order valence-corrected chi connectivity index (χ3v) is 5.68. The second-order valence-electron chi connectivity index (χ2n) is 5.20. The molecule has 0 aliphatic heterocycles. The fraction of sp³-hybridized carbons (Fsp3) is 0.133. The van der Waals surface area contributed by atoms with E-state index >= 15 is 0 Å². The lowest BCUT2D eigenvalue weighted by molar-refractivity contribution is 0.592. The zero-order valence-corrected chi connectivity index (χ0v) is 15.2. The van der Waals surface area contributed by atoms with Crippen molar-refractivity contribution in [1.29, 1.82) is 0 Å². The molecule has 0 aliphatic rings. The van der Waals surface area contributed by atoms with Crippen LogP contribution in [0.2, 0.25) is 0 Å². The van der Waals surface area contributed by atoms with Crippen molar-refractivity contribution in [2.24, 2.45) is 0 Å². The number of pyridine rings is 1. The molecule has 0 amide bonds. The Balaban J connectivity index is 2.10. The smallest absolute Gasteiger partial charge is 0.274 e. The Morgan fingerprint density at radius 2 is 2.00 bits per heavy atom. The van der Waals surface area contributed by atoms with Gasteiger partial charge < -0.3 is 9.55 Å². The van der Waals surface area contributed by atoms with Gasteiger partial charge in [0.15, 0.2) is 0 Å². The molecule has 0 bridgehead atoms. The number of benzene rings is 1. The SMILES string of the molecule is CCn1ccc2c(S(=O)(=O)Nc3cc(F)c(Br)cc3F)c[nH]c2c1=O. The summed E-state index contributed by atoms with van der Waals surface area (Å²) in [4.78, 5) is 14.6. The third-order valence-electron chi connectivity index (χ3n) is 3.66. The van der Waals surface area contributed by atoms with Crippen molar-refractivity contribution in [3.63, 3.8) is 0 Å². The molecule has 0 saturated heterocycles. The molecule has 3 rings (SSSR count). The summed E-state index contributed by atoms with van der Waals surface area (Å²) < 4.78 is 55.9. The van der Waals surface area contributed by atoms with Gasteiger partial charge in [-0.25, -0.2) is 17.2 Å². The average molecular weight is 432 g/mol. The summed E-state index contributed by atoms with van der Waals surface area (Å²) >= 11 is 2.82. The minimum atomic E-state index is -4.24. The Hall–Kier alpha value is -2.20. The number of anilines is 1. The van der Waals surface area contributed by atoms with Gasteiger partial charge >= 0.3 is 0 Å². The molecule has 25 heavy (non-hydrogen) atoms. The summed E-state index contributed by atoms with van der Waals surface area (Å²) in [5.74, 6) is -1.76. The van der Waals surface area contributed by atoms with Gasteiger partial charge in [0.1, 0.15) is 22.0 Å². The van der Waals surface area contributed by atoms with Crippen molar-refractivity contribution in [3.8, 4) is 0 Å². The first-order chi connectivity index (χ1) is 11.7. The first kappa shape index (κ1) is 17.6. The minimum Gasteiger partial charge on any atom is -0.355 e. The van der Waals surface area contributed by atoms with E-state index in [1.165, 1.54) is 16.8 Å². The summed E-state index contributed by atoms with van der Waals surface area (Å²) in [6.45, 7) is 2.21. The van der Waals surface area contributed by atoms with Crippen LogP contribution >= 0.6 is 15.9 Å². The number of hydrogen-bond donors (Lipinski definition) is 2. The van der Waals surface area contributed by atoms with E-state index in [0.29, 0.717) is 6.54 Å². The van der Waals surface area contributed by atoms with E-state index < -0.39 is 27.3 Å². The molecule has 0 radical (unpaired) electrons. The normalized spacial score (nSPS) is 11.8. The van der Waals surface area contributed by atoms with Crippen LogP contribution in [0, 0.1) is 11.6 Å². The van der Waals surface area contributed by atoms with Crippen molar-refractivity contribution < 1.29 is 17.2 Å². The standard InChI is InChI=1S/C15H12BrF2N3O3S/c1-2-21-4-3-8-13(7-19-14(8)15(21)22)25(23,24)20-12-6-10(17)9(16)5-11(12)18/h3-7,19-20H,2H2,1H3. The Morgan fingerprint density at radius 3 is 2.68 bits per heavy atom. The molecule has 0 spiro atoms. The zero-order valence-electron chi connectivity index (χ0n) is 12.8. The van der Waals surface area contributed by atoms with Crippen LogP contribution in [0.15, 0.2) is 44.8 Å². The van der Waals surface area contributed by atoms with Crippen LogP contribution in [0.1, 0.15) is 6.92 Å². The highest BCUT2D eigenvalue weighted by molar-refractivity contribution is 9.10. The van der Waals surface area contributed by atoms with Crippen LogP contribution in [-0.2, 0) is 16.6 Å². The number of nitrogens with one attached hydrogen (secondary N) is 2. The lowest BCUT2D eigenvalue weighted by atomic mass is 10.3. The monoisotopic (exact) mass is 431 g/mol. The molecule has 6 nitrogen and oxygen atoms in total. The van der Waals surface area contributed by atoms with Crippen LogP contribution in [0.5, 0.6) is 0 Å². The van der Waals surface area contributed by atoms with Crippen molar-refractivity contribution in [2.75, 3.05) is 4.72 Å². The van der Waals surface area contributed by atoms with E-state index in [1.807, 2.05) is 4.72 Å². The van der Waals surface area contributed by atoms with Gasteiger partial charge in [-0.05, 0) is 35.0 Å². The van der Waals surface area contributed by atoms with Gasteiger partial charge in [0.25, 0.3) is 15.6 Å². The van der Waals surface area contributed by atoms with Crippen LogP contribution in [0.3, 0.4) is 0 Å². The average Bonchev–Trinajstić information content (AvgIpc) is 2.98. The summed E-state index contributed by atoms with van der Waals surface area (Å²) in [7, 11) is -4.24. The van der Waals surface area contributed by atoms with Gasteiger partial charge in [0.2, 0.25) is 0 Å². The molecule has 1 aromatic carbocycles. The molecular weight excluding hydrogens is 420 g/mol. The molecule has 2 heterocycles. The molecule has 0 fully saturated rings. The van der Waals surface area contributed by atoms with Crippen LogP contribution < -0.4 is 10.3 Å². The number of hydrogen-bond acceptors (Lipinski definition) is 3. The van der Waals surface area contributed by atoms with Gasteiger partial charge in [0, 0.05) is 30.4 Å². The minimum absolute atomic E-state index is 0.118. The zero-order chi connectivity index (χ0) is 18.4. The predicted molar refractivity (Wildman–Crippen MR) is 93.1 cm³/mol. The topological polar surface area (TPSA) is 84.0 Å². The van der Waals surface area contributed by atoms with Crippen LogP contribution in [0.25, 0.3) is 10.9 Å². The first-order valence-corrected chi connectivity index (χ1v) is 9.40. The first-order valence-electron chi connectivity index (χ1n) is 7.12. The molecule has 0 aliphatic carbocycles. The molecule has 132 valence electrons. The van der Waals surface area contributed by atoms with E-state index in [-0.39, 0.29) is 25.8 Å². The fourth-order valence-electron chi connectivity index (χ4n) is 2.41.